The summed E-state index contributed by atoms with van der Waals surface area (Å²) in [5, 5.41) is 21.1. The molecule has 0 aliphatic heterocycles. The van der Waals surface area contributed by atoms with Crippen molar-refractivity contribution in [3.05, 3.63) is 66.6 Å². The van der Waals surface area contributed by atoms with Gasteiger partial charge in [-0.05, 0) is 17.2 Å². The third-order valence-electron chi connectivity index (χ3n) is 5.01. The summed E-state index contributed by atoms with van der Waals surface area (Å²) in [5.41, 5.74) is 0.379. The minimum absolute atomic E-state index is 0.0857. The minimum atomic E-state index is -1.35. The predicted octanol–water partition coefficient (Wildman–Crippen LogP) is 4.42. The van der Waals surface area contributed by atoms with Gasteiger partial charge < -0.3 is 4.55 Å². The summed E-state index contributed by atoms with van der Waals surface area (Å²) < 4.78 is 12.1. The van der Waals surface area contributed by atoms with E-state index >= 15 is 0 Å². The number of rotatable bonds is 4. The van der Waals surface area contributed by atoms with Gasteiger partial charge in [0, 0.05) is 57.6 Å². The normalized spacial score (nSPS) is 20.0. The van der Waals surface area contributed by atoms with Crippen molar-refractivity contribution in [3.63, 3.8) is 0 Å². The van der Waals surface area contributed by atoms with Crippen LogP contribution >= 0.6 is 27.5 Å². The standard InChI is InChI=1S/C20H14BrClN2O5S/c1-30(29)13-4-11(9-23)19(15(21)8-13)20-17(25)5-10(6-18(20)26)14-3-2-12(22)7-16(14)24(27)28/h2-4,7-8,10,20H,5-6H2,1H3. The van der Waals surface area contributed by atoms with E-state index in [9.17, 15) is 29.5 Å². The number of benzene rings is 2. The van der Waals surface area contributed by atoms with Crippen LogP contribution in [0, 0.1) is 21.4 Å². The number of hydrogen-bond acceptors (Lipinski definition) is 6. The van der Waals surface area contributed by atoms with Crippen molar-refractivity contribution in [1.82, 2.24) is 0 Å². The third kappa shape index (κ3) is 4.27. The van der Waals surface area contributed by atoms with E-state index in [4.69, 9.17) is 11.6 Å². The second-order valence-corrected chi connectivity index (χ2v) is 9.53. The van der Waals surface area contributed by atoms with E-state index < -0.39 is 39.5 Å². The molecule has 154 valence electrons. The van der Waals surface area contributed by atoms with E-state index in [2.05, 4.69) is 15.9 Å². The van der Waals surface area contributed by atoms with Gasteiger partial charge in [-0.15, -0.1) is 0 Å². The van der Waals surface area contributed by atoms with Crippen molar-refractivity contribution in [2.24, 2.45) is 0 Å². The van der Waals surface area contributed by atoms with Gasteiger partial charge in [-0.2, -0.15) is 5.26 Å². The van der Waals surface area contributed by atoms with Gasteiger partial charge in [0.1, 0.15) is 23.7 Å². The first kappa shape index (κ1) is 22.4. The molecule has 0 amide bonds. The number of nitro groups is 1. The molecule has 1 fully saturated rings. The monoisotopic (exact) mass is 508 g/mol. The molecule has 1 saturated carbocycles. The van der Waals surface area contributed by atoms with Gasteiger partial charge in [-0.1, -0.05) is 33.6 Å². The Morgan fingerprint density at radius 3 is 2.40 bits per heavy atom. The number of ketones is 2. The molecule has 30 heavy (non-hydrogen) atoms. The molecule has 0 bridgehead atoms. The maximum Gasteiger partial charge on any atom is 0.274 e. The van der Waals surface area contributed by atoms with Gasteiger partial charge >= 0.3 is 0 Å². The fraction of sp³-hybridized carbons (Fsp3) is 0.250. The van der Waals surface area contributed by atoms with Crippen LogP contribution in [0.25, 0.3) is 0 Å². The van der Waals surface area contributed by atoms with E-state index in [0.717, 1.165) is 0 Å². The minimum Gasteiger partial charge on any atom is -0.612 e. The van der Waals surface area contributed by atoms with Crippen LogP contribution in [0.1, 0.15) is 41.4 Å². The summed E-state index contributed by atoms with van der Waals surface area (Å²) in [6.07, 6.45) is 1.29. The number of Topliss-reactive ketones (excluding diaryl/α,β-unsaturated/α-hetero) is 2. The van der Waals surface area contributed by atoms with Crippen molar-refractivity contribution in [2.45, 2.75) is 29.6 Å². The number of hydrogen-bond donors (Lipinski definition) is 0. The molecule has 1 aliphatic rings. The molecule has 2 aromatic carbocycles. The SMILES string of the molecule is C[S+]([O-])c1cc(Br)c(C2C(=O)CC(c3ccc(Cl)cc3[N+](=O)[O-])CC2=O)c(C#N)c1. The average Bonchev–Trinajstić information content (AvgIpc) is 2.67. The van der Waals surface area contributed by atoms with Crippen LogP contribution in [0.4, 0.5) is 5.69 Å². The van der Waals surface area contributed by atoms with Crippen molar-refractivity contribution < 1.29 is 19.1 Å². The third-order valence-corrected chi connectivity index (χ3v) is 6.80. The summed E-state index contributed by atoms with van der Waals surface area (Å²) in [4.78, 5) is 37.1. The molecule has 1 unspecified atom stereocenters. The summed E-state index contributed by atoms with van der Waals surface area (Å²) in [5.74, 6) is -2.66. The van der Waals surface area contributed by atoms with E-state index in [1.807, 2.05) is 6.07 Å². The first-order chi connectivity index (χ1) is 14.1. The van der Waals surface area contributed by atoms with Crippen LogP contribution in [-0.2, 0) is 20.8 Å². The summed E-state index contributed by atoms with van der Waals surface area (Å²) in [6.45, 7) is 0. The Balaban J connectivity index is 2.00. The lowest BCUT2D eigenvalue weighted by atomic mass is 9.73. The van der Waals surface area contributed by atoms with E-state index in [1.165, 1.54) is 36.6 Å². The zero-order chi connectivity index (χ0) is 22.2. The molecule has 1 atom stereocenters. The number of nitriles is 1. The van der Waals surface area contributed by atoms with Crippen LogP contribution < -0.4 is 0 Å². The summed E-state index contributed by atoms with van der Waals surface area (Å²) in [6, 6.07) is 9.06. The Morgan fingerprint density at radius 1 is 1.23 bits per heavy atom. The van der Waals surface area contributed by atoms with Gasteiger partial charge in [0.2, 0.25) is 0 Å². The second kappa shape index (κ2) is 8.86. The first-order valence-corrected chi connectivity index (χ1v) is 11.4. The highest BCUT2D eigenvalue weighted by Crippen LogP contribution is 2.42. The Hall–Kier alpha value is -2.25. The first-order valence-electron chi connectivity index (χ1n) is 8.70. The Morgan fingerprint density at radius 2 is 1.87 bits per heavy atom. The Labute approximate surface area is 188 Å². The van der Waals surface area contributed by atoms with E-state index in [0.29, 0.717) is 9.37 Å². The van der Waals surface area contributed by atoms with Crippen LogP contribution in [0.2, 0.25) is 5.02 Å². The maximum atomic E-state index is 13.0. The molecule has 7 nitrogen and oxygen atoms in total. The maximum absolute atomic E-state index is 13.0. The molecular weight excluding hydrogens is 496 g/mol. The number of nitro benzene ring substituents is 1. The van der Waals surface area contributed by atoms with Crippen molar-refractivity contribution in [1.29, 1.82) is 5.26 Å². The highest BCUT2D eigenvalue weighted by molar-refractivity contribution is 9.10. The fourth-order valence-corrected chi connectivity index (χ4v) is 5.25. The highest BCUT2D eigenvalue weighted by atomic mass is 79.9. The molecule has 2 aromatic rings. The fourth-order valence-electron chi connectivity index (χ4n) is 3.68. The smallest absolute Gasteiger partial charge is 0.274 e. The van der Waals surface area contributed by atoms with Gasteiger partial charge in [0.25, 0.3) is 5.69 Å². The molecular formula is C20H14BrClN2O5S. The topological polar surface area (TPSA) is 124 Å². The molecule has 0 radical (unpaired) electrons. The largest absolute Gasteiger partial charge is 0.612 e. The molecule has 0 heterocycles. The van der Waals surface area contributed by atoms with Crippen LogP contribution in [0.5, 0.6) is 0 Å². The molecule has 0 saturated heterocycles. The predicted molar refractivity (Wildman–Crippen MR) is 114 cm³/mol. The Kier molecular flexibility index (Phi) is 6.62. The zero-order valence-corrected chi connectivity index (χ0v) is 18.7. The number of nitrogens with zero attached hydrogens (tertiary/aromatic N) is 2. The van der Waals surface area contributed by atoms with Crippen molar-refractivity contribution in [3.8, 4) is 6.07 Å². The summed E-state index contributed by atoms with van der Waals surface area (Å²) in [7, 11) is 0. The lowest BCUT2D eigenvalue weighted by molar-refractivity contribution is -0.385. The number of halogens is 2. The van der Waals surface area contributed by atoms with Gasteiger partial charge in [0.15, 0.2) is 4.90 Å². The molecule has 0 N–H and O–H groups in total. The van der Waals surface area contributed by atoms with Crippen LogP contribution in [-0.4, -0.2) is 27.3 Å². The van der Waals surface area contributed by atoms with E-state index in [1.54, 1.807) is 0 Å². The van der Waals surface area contributed by atoms with Gasteiger partial charge in [-0.25, -0.2) is 0 Å². The quantitative estimate of drug-likeness (QED) is 0.260. The van der Waals surface area contributed by atoms with Crippen LogP contribution in [0.3, 0.4) is 0 Å². The molecule has 0 aromatic heterocycles. The van der Waals surface area contributed by atoms with E-state index in [-0.39, 0.29) is 40.2 Å². The lowest BCUT2D eigenvalue weighted by Gasteiger charge is -2.28. The molecule has 1 aliphatic carbocycles. The van der Waals surface area contributed by atoms with Gasteiger partial charge in [0.05, 0.1) is 16.6 Å². The second-order valence-electron chi connectivity index (χ2n) is 6.86. The zero-order valence-electron chi connectivity index (χ0n) is 15.6. The van der Waals surface area contributed by atoms with Gasteiger partial charge in [-0.3, -0.25) is 19.7 Å². The number of carbonyl (C=O) groups excluding carboxylic acids is 2. The average molecular weight is 510 g/mol. The molecule has 0 spiro atoms. The lowest BCUT2D eigenvalue weighted by Crippen LogP contribution is -2.32. The molecule has 3 rings (SSSR count). The van der Waals surface area contributed by atoms with Crippen molar-refractivity contribution in [2.75, 3.05) is 6.26 Å². The highest BCUT2D eigenvalue weighted by Gasteiger charge is 2.41. The molecule has 10 heteroatoms. The number of carbonyl (C=O) groups is 2. The Bertz CT molecular complexity index is 1100. The van der Waals surface area contributed by atoms with Crippen LogP contribution in [0.15, 0.2) is 39.7 Å². The van der Waals surface area contributed by atoms with Crippen molar-refractivity contribution >= 4 is 56.0 Å². The summed E-state index contributed by atoms with van der Waals surface area (Å²) >= 11 is 7.81.